The minimum atomic E-state index is -0.0980. The fourth-order valence-corrected chi connectivity index (χ4v) is 3.11. The molecular formula is C19H23N3O. The van der Waals surface area contributed by atoms with Gasteiger partial charge in [0.2, 0.25) is 5.91 Å². The molecule has 0 bridgehead atoms. The molecule has 1 heterocycles. The Morgan fingerprint density at radius 1 is 1.17 bits per heavy atom. The molecule has 4 nitrogen and oxygen atoms in total. The second-order valence-corrected chi connectivity index (χ2v) is 6.14. The van der Waals surface area contributed by atoms with Crippen molar-refractivity contribution in [2.24, 2.45) is 5.10 Å². The summed E-state index contributed by atoms with van der Waals surface area (Å²) in [6.45, 7) is 0. The number of carbonyl (C=O) groups excluding carboxylic acids is 1. The van der Waals surface area contributed by atoms with Crippen LogP contribution in [0, 0.1) is 0 Å². The zero-order valence-corrected chi connectivity index (χ0v) is 13.3. The normalized spacial score (nSPS) is 15.8. The maximum absolute atomic E-state index is 11.8. The number of rotatable bonds is 5. The summed E-state index contributed by atoms with van der Waals surface area (Å²) in [5, 5.41) is 4.06. The number of hydrazone groups is 1. The van der Waals surface area contributed by atoms with E-state index in [1.54, 1.807) is 6.21 Å². The van der Waals surface area contributed by atoms with Gasteiger partial charge in [-0.05, 0) is 24.5 Å². The van der Waals surface area contributed by atoms with E-state index in [9.17, 15) is 4.79 Å². The number of hydrogen-bond acceptors (Lipinski definition) is 2. The number of carbonyl (C=O) groups is 1. The Balaban J connectivity index is 1.50. The van der Waals surface area contributed by atoms with Crippen molar-refractivity contribution in [3.63, 3.8) is 0 Å². The minimum Gasteiger partial charge on any atom is -0.351 e. The Labute approximate surface area is 137 Å². The van der Waals surface area contributed by atoms with Crippen molar-refractivity contribution in [2.75, 3.05) is 0 Å². The monoisotopic (exact) mass is 309 g/mol. The number of amides is 1. The standard InChI is InChI=1S/C19H23N3O/c23-19(13-16-7-3-1-4-8-16)21-20-14-17-11-12-22(15-17)18-9-5-2-6-10-18/h1,3-4,7-8,11-12,14-15,18H,2,5-6,9-10,13H2,(H,21,23)/b20-14-. The topological polar surface area (TPSA) is 46.4 Å². The first-order valence-electron chi connectivity index (χ1n) is 8.34. The van der Waals surface area contributed by atoms with E-state index in [0.717, 1.165) is 11.1 Å². The van der Waals surface area contributed by atoms with E-state index in [-0.39, 0.29) is 5.91 Å². The van der Waals surface area contributed by atoms with E-state index >= 15 is 0 Å². The van der Waals surface area contributed by atoms with Gasteiger partial charge in [-0.3, -0.25) is 4.79 Å². The number of benzene rings is 1. The van der Waals surface area contributed by atoms with Crippen molar-refractivity contribution in [3.8, 4) is 0 Å². The number of hydrogen-bond donors (Lipinski definition) is 1. The van der Waals surface area contributed by atoms with Gasteiger partial charge in [0.05, 0.1) is 12.6 Å². The van der Waals surface area contributed by atoms with Crippen LogP contribution in [0.25, 0.3) is 0 Å². The Morgan fingerprint density at radius 3 is 2.74 bits per heavy atom. The highest BCUT2D eigenvalue weighted by molar-refractivity contribution is 5.83. The molecule has 1 amide bonds. The van der Waals surface area contributed by atoms with Gasteiger partial charge in [0.1, 0.15) is 0 Å². The van der Waals surface area contributed by atoms with E-state index in [1.807, 2.05) is 36.4 Å². The molecule has 0 spiro atoms. The third-order valence-electron chi connectivity index (χ3n) is 4.34. The van der Waals surface area contributed by atoms with Gasteiger partial charge in [-0.2, -0.15) is 5.10 Å². The van der Waals surface area contributed by atoms with Crippen molar-refractivity contribution in [1.82, 2.24) is 9.99 Å². The highest BCUT2D eigenvalue weighted by Crippen LogP contribution is 2.28. The molecule has 2 aromatic rings. The second-order valence-electron chi connectivity index (χ2n) is 6.14. The molecule has 1 aliphatic carbocycles. The fourth-order valence-electron chi connectivity index (χ4n) is 3.11. The molecule has 120 valence electrons. The van der Waals surface area contributed by atoms with Crippen LogP contribution in [-0.4, -0.2) is 16.7 Å². The van der Waals surface area contributed by atoms with Crippen LogP contribution in [0.3, 0.4) is 0 Å². The summed E-state index contributed by atoms with van der Waals surface area (Å²) in [5.41, 5.74) is 4.60. The van der Waals surface area contributed by atoms with E-state index in [4.69, 9.17) is 0 Å². The molecule has 3 rings (SSSR count). The zero-order chi connectivity index (χ0) is 15.9. The molecule has 23 heavy (non-hydrogen) atoms. The molecule has 0 radical (unpaired) electrons. The first kappa shape index (κ1) is 15.5. The first-order valence-corrected chi connectivity index (χ1v) is 8.34. The molecule has 1 aromatic heterocycles. The SMILES string of the molecule is O=C(Cc1ccccc1)N/N=C\c1ccn(C2CCCCC2)c1. The zero-order valence-electron chi connectivity index (χ0n) is 13.3. The summed E-state index contributed by atoms with van der Waals surface area (Å²) < 4.78 is 2.28. The Morgan fingerprint density at radius 2 is 1.96 bits per heavy atom. The summed E-state index contributed by atoms with van der Waals surface area (Å²) in [5.74, 6) is -0.0980. The smallest absolute Gasteiger partial charge is 0.244 e. The van der Waals surface area contributed by atoms with Crippen molar-refractivity contribution in [1.29, 1.82) is 0 Å². The molecule has 0 atom stereocenters. The molecule has 0 saturated heterocycles. The molecule has 1 N–H and O–H groups in total. The van der Waals surface area contributed by atoms with Crippen molar-refractivity contribution in [2.45, 2.75) is 44.6 Å². The lowest BCUT2D eigenvalue weighted by Crippen LogP contribution is -2.19. The summed E-state index contributed by atoms with van der Waals surface area (Å²) in [4.78, 5) is 11.8. The fraction of sp³-hybridized carbons (Fsp3) is 0.368. The van der Waals surface area contributed by atoms with Gasteiger partial charge in [0.15, 0.2) is 0 Å². The van der Waals surface area contributed by atoms with E-state index in [2.05, 4.69) is 27.5 Å². The van der Waals surface area contributed by atoms with Gasteiger partial charge in [-0.25, -0.2) is 5.43 Å². The lowest BCUT2D eigenvalue weighted by Gasteiger charge is -2.23. The molecule has 1 saturated carbocycles. The lowest BCUT2D eigenvalue weighted by atomic mass is 9.95. The van der Waals surface area contributed by atoms with E-state index in [1.165, 1.54) is 32.1 Å². The predicted octanol–water partition coefficient (Wildman–Crippen LogP) is 3.69. The molecule has 1 fully saturated rings. The van der Waals surface area contributed by atoms with Crippen LogP contribution in [0.4, 0.5) is 0 Å². The van der Waals surface area contributed by atoms with Gasteiger partial charge in [0.25, 0.3) is 0 Å². The van der Waals surface area contributed by atoms with Crippen LogP contribution in [0.15, 0.2) is 53.9 Å². The number of nitrogens with zero attached hydrogens (tertiary/aromatic N) is 2. The third kappa shape index (κ3) is 4.55. The molecule has 0 aliphatic heterocycles. The van der Waals surface area contributed by atoms with Gasteiger partial charge in [-0.1, -0.05) is 49.6 Å². The third-order valence-corrected chi connectivity index (χ3v) is 4.34. The van der Waals surface area contributed by atoms with Crippen molar-refractivity contribution >= 4 is 12.1 Å². The summed E-state index contributed by atoms with van der Waals surface area (Å²) in [6.07, 6.45) is 12.8. The average Bonchev–Trinajstić information content (AvgIpc) is 3.05. The van der Waals surface area contributed by atoms with Gasteiger partial charge >= 0.3 is 0 Å². The molecular weight excluding hydrogens is 286 g/mol. The summed E-state index contributed by atoms with van der Waals surface area (Å²) in [6, 6.07) is 12.3. The van der Waals surface area contributed by atoms with Gasteiger partial charge in [-0.15, -0.1) is 0 Å². The van der Waals surface area contributed by atoms with Crippen LogP contribution in [-0.2, 0) is 11.2 Å². The van der Waals surface area contributed by atoms with E-state index < -0.39 is 0 Å². The number of aromatic nitrogens is 1. The predicted molar refractivity (Wildman–Crippen MR) is 92.4 cm³/mol. The highest BCUT2D eigenvalue weighted by atomic mass is 16.2. The van der Waals surface area contributed by atoms with Crippen LogP contribution >= 0.6 is 0 Å². The van der Waals surface area contributed by atoms with Crippen LogP contribution < -0.4 is 5.43 Å². The van der Waals surface area contributed by atoms with Gasteiger partial charge < -0.3 is 4.57 Å². The minimum absolute atomic E-state index is 0.0980. The van der Waals surface area contributed by atoms with Crippen molar-refractivity contribution in [3.05, 3.63) is 59.9 Å². The molecule has 1 aliphatic rings. The maximum atomic E-state index is 11.8. The maximum Gasteiger partial charge on any atom is 0.244 e. The Bertz CT molecular complexity index is 654. The first-order chi connectivity index (χ1) is 11.3. The Hall–Kier alpha value is -2.36. The summed E-state index contributed by atoms with van der Waals surface area (Å²) in [7, 11) is 0. The Kier molecular flexibility index (Phi) is 5.25. The van der Waals surface area contributed by atoms with Crippen LogP contribution in [0.1, 0.15) is 49.3 Å². The van der Waals surface area contributed by atoms with E-state index in [0.29, 0.717) is 12.5 Å². The quantitative estimate of drug-likeness (QED) is 0.664. The molecule has 0 unspecified atom stereocenters. The average molecular weight is 309 g/mol. The van der Waals surface area contributed by atoms with Gasteiger partial charge in [0, 0.05) is 24.0 Å². The number of nitrogens with one attached hydrogen (secondary N) is 1. The lowest BCUT2D eigenvalue weighted by molar-refractivity contribution is -0.120. The second kappa shape index (κ2) is 7.77. The van der Waals surface area contributed by atoms with Crippen LogP contribution in [0.5, 0.6) is 0 Å². The van der Waals surface area contributed by atoms with Crippen molar-refractivity contribution < 1.29 is 4.79 Å². The summed E-state index contributed by atoms with van der Waals surface area (Å²) >= 11 is 0. The highest BCUT2D eigenvalue weighted by Gasteiger charge is 2.14. The molecule has 1 aromatic carbocycles. The van der Waals surface area contributed by atoms with Crippen LogP contribution in [0.2, 0.25) is 0 Å². The molecule has 4 heteroatoms. The largest absolute Gasteiger partial charge is 0.351 e.